The molecule has 0 atom stereocenters. The summed E-state index contributed by atoms with van der Waals surface area (Å²) in [6, 6.07) is 13.3. The number of methoxy groups -OCH3 is 2. The molecule has 0 aliphatic carbocycles. The van der Waals surface area contributed by atoms with E-state index in [1.54, 1.807) is 20.3 Å². The molecular formula is C20H28IN3O3. The van der Waals surface area contributed by atoms with Crippen molar-refractivity contribution in [3.63, 3.8) is 0 Å². The number of phenols is 1. The number of para-hydroxylation sites is 2. The summed E-state index contributed by atoms with van der Waals surface area (Å²) in [5, 5.41) is 16.7. The topological polar surface area (TPSA) is 75.1 Å². The average molecular weight is 485 g/mol. The van der Waals surface area contributed by atoms with Crippen molar-refractivity contribution in [1.82, 2.24) is 10.6 Å². The molecule has 2 aromatic rings. The van der Waals surface area contributed by atoms with E-state index in [1.165, 1.54) is 0 Å². The molecule has 2 aromatic carbocycles. The lowest BCUT2D eigenvalue weighted by atomic mass is 10.1. The second-order valence-corrected chi connectivity index (χ2v) is 5.65. The maximum absolute atomic E-state index is 10.2. The molecule has 6 nitrogen and oxygen atoms in total. The van der Waals surface area contributed by atoms with Crippen LogP contribution in [0.2, 0.25) is 0 Å². The molecule has 0 heterocycles. The van der Waals surface area contributed by atoms with E-state index in [4.69, 9.17) is 9.47 Å². The molecule has 0 aliphatic heterocycles. The molecule has 0 amide bonds. The van der Waals surface area contributed by atoms with Gasteiger partial charge in [-0.15, -0.1) is 24.0 Å². The summed E-state index contributed by atoms with van der Waals surface area (Å²) in [5.74, 6) is 2.22. The highest BCUT2D eigenvalue weighted by Crippen LogP contribution is 2.29. The van der Waals surface area contributed by atoms with E-state index >= 15 is 0 Å². The van der Waals surface area contributed by atoms with Crippen LogP contribution in [-0.2, 0) is 13.0 Å². The second-order valence-electron chi connectivity index (χ2n) is 5.65. The molecule has 148 valence electrons. The van der Waals surface area contributed by atoms with Gasteiger partial charge in [0.1, 0.15) is 5.75 Å². The first kappa shape index (κ1) is 22.9. The number of rotatable bonds is 8. The number of nitrogens with zero attached hydrogens (tertiary/aromatic N) is 1. The fourth-order valence-corrected chi connectivity index (χ4v) is 2.59. The monoisotopic (exact) mass is 485 g/mol. The van der Waals surface area contributed by atoms with Crippen molar-refractivity contribution in [1.29, 1.82) is 0 Å². The summed E-state index contributed by atoms with van der Waals surface area (Å²) >= 11 is 0. The van der Waals surface area contributed by atoms with E-state index in [0.717, 1.165) is 29.4 Å². The summed E-state index contributed by atoms with van der Waals surface area (Å²) < 4.78 is 10.5. The van der Waals surface area contributed by atoms with Gasteiger partial charge in [-0.25, -0.2) is 4.99 Å². The zero-order chi connectivity index (χ0) is 18.8. The van der Waals surface area contributed by atoms with Crippen LogP contribution in [0.5, 0.6) is 17.2 Å². The Hall–Kier alpha value is -2.16. The first-order valence-corrected chi connectivity index (χ1v) is 8.68. The third-order valence-corrected chi connectivity index (χ3v) is 3.93. The van der Waals surface area contributed by atoms with Gasteiger partial charge in [-0.05, 0) is 31.0 Å². The fourth-order valence-electron chi connectivity index (χ4n) is 2.59. The van der Waals surface area contributed by atoms with E-state index in [-0.39, 0.29) is 29.7 Å². The maximum atomic E-state index is 10.2. The maximum Gasteiger partial charge on any atom is 0.191 e. The Kier molecular flexibility index (Phi) is 10.4. The van der Waals surface area contributed by atoms with Crippen LogP contribution in [-0.4, -0.2) is 38.4 Å². The molecule has 0 aromatic heterocycles. The number of halogens is 1. The van der Waals surface area contributed by atoms with Crippen molar-refractivity contribution in [3.05, 3.63) is 53.6 Å². The Bertz CT molecular complexity index is 738. The summed E-state index contributed by atoms with van der Waals surface area (Å²) in [5.41, 5.74) is 1.86. The molecule has 2 rings (SSSR count). The minimum absolute atomic E-state index is 0. The highest BCUT2D eigenvalue weighted by atomic mass is 127. The predicted molar refractivity (Wildman–Crippen MR) is 120 cm³/mol. The molecule has 0 unspecified atom stereocenters. The molecule has 0 radical (unpaired) electrons. The number of aliphatic imine (C=N–C) groups is 1. The van der Waals surface area contributed by atoms with Gasteiger partial charge in [0, 0.05) is 18.7 Å². The Labute approximate surface area is 178 Å². The van der Waals surface area contributed by atoms with Crippen LogP contribution in [0.25, 0.3) is 0 Å². The third-order valence-electron chi connectivity index (χ3n) is 3.93. The van der Waals surface area contributed by atoms with Crippen LogP contribution in [0.1, 0.15) is 18.1 Å². The van der Waals surface area contributed by atoms with Crippen molar-refractivity contribution in [2.45, 2.75) is 19.9 Å². The lowest BCUT2D eigenvalue weighted by Gasteiger charge is -2.13. The van der Waals surface area contributed by atoms with Crippen LogP contribution in [0.3, 0.4) is 0 Å². The van der Waals surface area contributed by atoms with Gasteiger partial charge in [-0.2, -0.15) is 0 Å². The second kappa shape index (κ2) is 12.3. The normalized spacial score (nSPS) is 10.7. The molecule has 7 heteroatoms. The smallest absolute Gasteiger partial charge is 0.191 e. The molecule has 0 bridgehead atoms. The summed E-state index contributed by atoms with van der Waals surface area (Å²) in [4.78, 5) is 4.61. The number of hydrogen-bond donors (Lipinski definition) is 3. The Morgan fingerprint density at radius 3 is 2.33 bits per heavy atom. The number of hydrogen-bond acceptors (Lipinski definition) is 4. The van der Waals surface area contributed by atoms with Gasteiger partial charge in [0.15, 0.2) is 17.5 Å². The highest BCUT2D eigenvalue weighted by Gasteiger charge is 2.07. The van der Waals surface area contributed by atoms with E-state index in [1.807, 2.05) is 43.3 Å². The third kappa shape index (κ3) is 6.82. The zero-order valence-corrected chi connectivity index (χ0v) is 18.3. The molecule has 0 saturated carbocycles. The lowest BCUT2D eigenvalue weighted by Crippen LogP contribution is -2.38. The van der Waals surface area contributed by atoms with Crippen molar-refractivity contribution in [3.8, 4) is 17.2 Å². The van der Waals surface area contributed by atoms with Crippen LogP contribution < -0.4 is 20.1 Å². The summed E-state index contributed by atoms with van der Waals surface area (Å²) in [6.45, 7) is 3.94. The van der Waals surface area contributed by atoms with Crippen LogP contribution in [0, 0.1) is 0 Å². The van der Waals surface area contributed by atoms with Gasteiger partial charge in [-0.1, -0.05) is 30.3 Å². The van der Waals surface area contributed by atoms with E-state index in [9.17, 15) is 5.11 Å². The van der Waals surface area contributed by atoms with Crippen molar-refractivity contribution in [2.75, 3.05) is 27.3 Å². The van der Waals surface area contributed by atoms with Gasteiger partial charge in [0.25, 0.3) is 0 Å². The largest absolute Gasteiger partial charge is 0.504 e. The Morgan fingerprint density at radius 2 is 1.63 bits per heavy atom. The number of benzene rings is 2. The van der Waals surface area contributed by atoms with Crippen LogP contribution >= 0.6 is 24.0 Å². The number of nitrogens with one attached hydrogen (secondary N) is 2. The number of ether oxygens (including phenoxy) is 2. The van der Waals surface area contributed by atoms with Gasteiger partial charge >= 0.3 is 0 Å². The molecule has 3 N–H and O–H groups in total. The van der Waals surface area contributed by atoms with Crippen LogP contribution in [0.4, 0.5) is 0 Å². The number of guanidine groups is 1. The number of phenolic OH excluding ortho intramolecular Hbond substituents is 1. The van der Waals surface area contributed by atoms with Crippen molar-refractivity contribution >= 4 is 29.9 Å². The lowest BCUT2D eigenvalue weighted by molar-refractivity contribution is 0.370. The minimum Gasteiger partial charge on any atom is -0.504 e. The SMILES string of the molecule is CCNC(=NCc1ccccc1OC)NCCc1cccc(OC)c1O.I. The molecule has 0 aliphatic rings. The quantitative estimate of drug-likeness (QED) is 0.304. The first-order chi connectivity index (χ1) is 12.7. The van der Waals surface area contributed by atoms with Gasteiger partial charge in [-0.3, -0.25) is 0 Å². The summed E-state index contributed by atoms with van der Waals surface area (Å²) in [7, 11) is 3.21. The number of aromatic hydroxyl groups is 1. The van der Waals surface area contributed by atoms with E-state index in [2.05, 4.69) is 15.6 Å². The predicted octanol–water partition coefficient (Wildman–Crippen LogP) is 3.33. The molecule has 27 heavy (non-hydrogen) atoms. The summed E-state index contributed by atoms with van der Waals surface area (Å²) in [6.07, 6.45) is 0.655. The zero-order valence-electron chi connectivity index (χ0n) is 16.0. The van der Waals surface area contributed by atoms with Gasteiger partial charge in [0.2, 0.25) is 0 Å². The highest BCUT2D eigenvalue weighted by molar-refractivity contribution is 14.0. The molecule has 0 spiro atoms. The van der Waals surface area contributed by atoms with E-state index in [0.29, 0.717) is 25.3 Å². The van der Waals surface area contributed by atoms with Gasteiger partial charge < -0.3 is 25.2 Å². The fraction of sp³-hybridized carbons (Fsp3) is 0.350. The molecule has 0 fully saturated rings. The van der Waals surface area contributed by atoms with Crippen molar-refractivity contribution in [2.24, 2.45) is 4.99 Å². The minimum atomic E-state index is 0. The van der Waals surface area contributed by atoms with E-state index < -0.39 is 0 Å². The molecular weight excluding hydrogens is 457 g/mol. The van der Waals surface area contributed by atoms with Crippen LogP contribution in [0.15, 0.2) is 47.5 Å². The van der Waals surface area contributed by atoms with Gasteiger partial charge in [0.05, 0.1) is 20.8 Å². The first-order valence-electron chi connectivity index (χ1n) is 8.68. The average Bonchev–Trinajstić information content (AvgIpc) is 2.67. The van der Waals surface area contributed by atoms with Crippen molar-refractivity contribution < 1.29 is 14.6 Å². The standard InChI is InChI=1S/C20H27N3O3.HI/c1-4-21-20(23-14-16-8-5-6-10-17(16)25-2)22-13-12-15-9-7-11-18(26-3)19(15)24;/h5-11,24H,4,12-14H2,1-3H3,(H2,21,22,23);1H. The Morgan fingerprint density at radius 1 is 0.963 bits per heavy atom. The Balaban J connectivity index is 0.00000364. The molecule has 0 saturated heterocycles.